The molecule has 0 aliphatic carbocycles. The molecule has 0 aromatic rings. The van der Waals surface area contributed by atoms with Crippen molar-refractivity contribution in [2.75, 3.05) is 24.7 Å². The maximum Gasteiger partial charge on any atom is 0.151 e. The van der Waals surface area contributed by atoms with E-state index in [-0.39, 0.29) is 23.8 Å². The van der Waals surface area contributed by atoms with E-state index < -0.39 is 9.84 Å². The lowest BCUT2D eigenvalue weighted by Crippen LogP contribution is -2.40. The highest BCUT2D eigenvalue weighted by Gasteiger charge is 2.24. The largest absolute Gasteiger partial charge is 0.396 e. The summed E-state index contributed by atoms with van der Waals surface area (Å²) in [5.41, 5.74) is -0.0275. The minimum atomic E-state index is -2.80. The van der Waals surface area contributed by atoms with Crippen LogP contribution in [0.15, 0.2) is 0 Å². The molecule has 1 fully saturated rings. The van der Waals surface area contributed by atoms with Crippen molar-refractivity contribution < 1.29 is 13.5 Å². The first-order chi connectivity index (χ1) is 7.85. The topological polar surface area (TPSA) is 66.4 Å². The zero-order chi connectivity index (χ0) is 12.9. The first-order valence-corrected chi connectivity index (χ1v) is 8.21. The van der Waals surface area contributed by atoms with Gasteiger partial charge in [0.1, 0.15) is 0 Å². The molecule has 0 radical (unpaired) electrons. The molecule has 1 heterocycles. The van der Waals surface area contributed by atoms with Crippen molar-refractivity contribution in [3.05, 3.63) is 0 Å². The van der Waals surface area contributed by atoms with Crippen molar-refractivity contribution in [1.29, 1.82) is 0 Å². The Morgan fingerprint density at radius 2 is 2.12 bits per heavy atom. The summed E-state index contributed by atoms with van der Waals surface area (Å²) in [5.74, 6) is 0.638. The Hall–Kier alpha value is -0.130. The number of hydrogen-bond acceptors (Lipinski definition) is 4. The molecule has 17 heavy (non-hydrogen) atoms. The van der Waals surface area contributed by atoms with Crippen LogP contribution in [0.3, 0.4) is 0 Å². The smallest absolute Gasteiger partial charge is 0.151 e. The number of nitrogens with one attached hydrogen (secondary N) is 1. The predicted molar refractivity (Wildman–Crippen MR) is 69.8 cm³/mol. The van der Waals surface area contributed by atoms with E-state index in [4.69, 9.17) is 5.11 Å². The van der Waals surface area contributed by atoms with Gasteiger partial charge in [0.25, 0.3) is 0 Å². The molecule has 0 bridgehead atoms. The van der Waals surface area contributed by atoms with Crippen molar-refractivity contribution in [2.24, 2.45) is 5.41 Å². The number of hydrogen-bond donors (Lipinski definition) is 2. The second-order valence-corrected chi connectivity index (χ2v) is 8.06. The molecular weight excluding hydrogens is 238 g/mol. The molecule has 1 aliphatic heterocycles. The van der Waals surface area contributed by atoms with Crippen molar-refractivity contribution in [3.63, 3.8) is 0 Å². The number of sulfone groups is 1. The van der Waals surface area contributed by atoms with Crippen LogP contribution in [0.2, 0.25) is 0 Å². The van der Waals surface area contributed by atoms with E-state index in [0.717, 1.165) is 32.2 Å². The Labute approximate surface area is 105 Å². The van der Waals surface area contributed by atoms with Gasteiger partial charge in [0.05, 0.1) is 11.5 Å². The monoisotopic (exact) mass is 263 g/mol. The highest BCUT2D eigenvalue weighted by molar-refractivity contribution is 7.91. The quantitative estimate of drug-likeness (QED) is 0.700. The van der Waals surface area contributed by atoms with Gasteiger partial charge in [0, 0.05) is 12.6 Å². The minimum Gasteiger partial charge on any atom is -0.396 e. The van der Waals surface area contributed by atoms with Crippen LogP contribution in [-0.2, 0) is 9.84 Å². The molecule has 0 aromatic carbocycles. The van der Waals surface area contributed by atoms with E-state index in [1.807, 2.05) is 13.8 Å². The van der Waals surface area contributed by atoms with E-state index in [9.17, 15) is 8.42 Å². The average Bonchev–Trinajstić information content (AvgIpc) is 2.23. The molecule has 1 aliphatic rings. The SMILES string of the molecule is CC(C)(CO)CCCNC1CCCS(=O)(=O)C1. The third-order valence-corrected chi connectivity index (χ3v) is 5.18. The Morgan fingerprint density at radius 1 is 1.41 bits per heavy atom. The zero-order valence-corrected chi connectivity index (χ0v) is 11.7. The fourth-order valence-electron chi connectivity index (χ4n) is 2.14. The molecule has 0 aromatic heterocycles. The fraction of sp³-hybridized carbons (Fsp3) is 1.00. The second-order valence-electron chi connectivity index (χ2n) is 5.83. The maximum absolute atomic E-state index is 11.4. The number of aliphatic hydroxyl groups is 1. The van der Waals surface area contributed by atoms with Gasteiger partial charge in [-0.25, -0.2) is 8.42 Å². The van der Waals surface area contributed by atoms with Crippen molar-refractivity contribution >= 4 is 9.84 Å². The molecule has 1 atom stereocenters. The fourth-order valence-corrected chi connectivity index (χ4v) is 3.81. The van der Waals surface area contributed by atoms with E-state index in [1.165, 1.54) is 0 Å². The summed E-state index contributed by atoms with van der Waals surface area (Å²) in [6.45, 7) is 5.12. The molecule has 1 rings (SSSR count). The summed E-state index contributed by atoms with van der Waals surface area (Å²) in [7, 11) is -2.80. The number of aliphatic hydroxyl groups excluding tert-OH is 1. The molecule has 2 N–H and O–H groups in total. The van der Waals surface area contributed by atoms with Crippen LogP contribution in [0.25, 0.3) is 0 Å². The standard InChI is InChI=1S/C12H25NO3S/c1-12(2,10-14)6-4-7-13-11-5-3-8-17(15,16)9-11/h11,13-14H,3-10H2,1-2H3. The lowest BCUT2D eigenvalue weighted by Gasteiger charge is -2.25. The van der Waals surface area contributed by atoms with Gasteiger partial charge in [-0.3, -0.25) is 0 Å². The lowest BCUT2D eigenvalue weighted by molar-refractivity contribution is 0.147. The Bertz CT molecular complexity index is 325. The molecule has 0 saturated carbocycles. The molecule has 1 saturated heterocycles. The Kier molecular flexibility index (Phi) is 5.41. The van der Waals surface area contributed by atoms with Gasteiger partial charge in [-0.05, 0) is 37.6 Å². The van der Waals surface area contributed by atoms with Crippen molar-refractivity contribution in [2.45, 2.75) is 45.6 Å². The molecule has 102 valence electrons. The summed E-state index contributed by atoms with van der Waals surface area (Å²) in [6.07, 6.45) is 3.67. The van der Waals surface area contributed by atoms with Crippen LogP contribution < -0.4 is 5.32 Å². The highest BCUT2D eigenvalue weighted by atomic mass is 32.2. The molecule has 1 unspecified atom stereocenters. The second kappa shape index (κ2) is 6.16. The summed E-state index contributed by atoms with van der Waals surface area (Å²) in [5, 5.41) is 12.4. The summed E-state index contributed by atoms with van der Waals surface area (Å²) >= 11 is 0. The van der Waals surface area contributed by atoms with E-state index >= 15 is 0 Å². The normalized spacial score (nSPS) is 24.8. The van der Waals surface area contributed by atoms with Gasteiger partial charge >= 0.3 is 0 Å². The predicted octanol–water partition coefficient (Wildman–Crippen LogP) is 0.952. The highest BCUT2D eigenvalue weighted by Crippen LogP contribution is 2.20. The van der Waals surface area contributed by atoms with Crippen molar-refractivity contribution in [1.82, 2.24) is 5.32 Å². The number of rotatable bonds is 6. The van der Waals surface area contributed by atoms with E-state index in [1.54, 1.807) is 0 Å². The lowest BCUT2D eigenvalue weighted by atomic mass is 9.89. The van der Waals surface area contributed by atoms with Gasteiger partial charge in [0.15, 0.2) is 9.84 Å². The van der Waals surface area contributed by atoms with Gasteiger partial charge in [0.2, 0.25) is 0 Å². The zero-order valence-electron chi connectivity index (χ0n) is 10.9. The van der Waals surface area contributed by atoms with Crippen LogP contribution in [-0.4, -0.2) is 44.2 Å². The molecule has 0 amide bonds. The van der Waals surface area contributed by atoms with E-state index in [2.05, 4.69) is 5.32 Å². The van der Waals surface area contributed by atoms with Gasteiger partial charge < -0.3 is 10.4 Å². The minimum absolute atomic E-state index is 0.0275. The van der Waals surface area contributed by atoms with Crippen molar-refractivity contribution in [3.8, 4) is 0 Å². The van der Waals surface area contributed by atoms with Crippen LogP contribution in [0.4, 0.5) is 0 Å². The molecule has 0 spiro atoms. The third-order valence-electron chi connectivity index (χ3n) is 3.35. The maximum atomic E-state index is 11.4. The van der Waals surface area contributed by atoms with Crippen LogP contribution >= 0.6 is 0 Å². The van der Waals surface area contributed by atoms with Crippen LogP contribution in [0, 0.1) is 5.41 Å². The first kappa shape index (κ1) is 14.9. The average molecular weight is 263 g/mol. The first-order valence-electron chi connectivity index (χ1n) is 6.39. The van der Waals surface area contributed by atoms with Crippen LogP contribution in [0.1, 0.15) is 39.5 Å². The summed E-state index contributed by atoms with van der Waals surface area (Å²) in [4.78, 5) is 0. The van der Waals surface area contributed by atoms with E-state index in [0.29, 0.717) is 5.75 Å². The van der Waals surface area contributed by atoms with Gasteiger partial charge in [-0.1, -0.05) is 13.8 Å². The Morgan fingerprint density at radius 3 is 2.71 bits per heavy atom. The third kappa shape index (κ3) is 5.84. The molecule has 5 heteroatoms. The van der Waals surface area contributed by atoms with Gasteiger partial charge in [-0.2, -0.15) is 0 Å². The molecular formula is C12H25NO3S. The molecule has 4 nitrogen and oxygen atoms in total. The summed E-state index contributed by atoms with van der Waals surface area (Å²) in [6, 6.07) is 0.131. The van der Waals surface area contributed by atoms with Crippen LogP contribution in [0.5, 0.6) is 0 Å². The Balaban J connectivity index is 2.19. The summed E-state index contributed by atoms with van der Waals surface area (Å²) < 4.78 is 22.9. The van der Waals surface area contributed by atoms with Gasteiger partial charge in [-0.15, -0.1) is 0 Å².